The molecule has 2 aromatic rings. The summed E-state index contributed by atoms with van der Waals surface area (Å²) in [5, 5.41) is 14.6. The lowest BCUT2D eigenvalue weighted by Crippen LogP contribution is -2.24. The highest BCUT2D eigenvalue weighted by Gasteiger charge is 2.22. The highest BCUT2D eigenvalue weighted by molar-refractivity contribution is 7.23. The molecule has 0 unspecified atom stereocenters. The van der Waals surface area contributed by atoms with Crippen molar-refractivity contribution in [1.29, 1.82) is 0 Å². The standard InChI is InChI=1S/C13H15N3OS2/c17-11(9-5-2-1-3-6-9)14-13-16-15-12(19-13)10-7-4-8-18-10/h4,7-9H,1-3,5-6H2,(H,14,16,17). The van der Waals surface area contributed by atoms with Crippen LogP contribution in [0.3, 0.4) is 0 Å². The Morgan fingerprint density at radius 1 is 1.26 bits per heavy atom. The molecule has 3 rings (SSSR count). The van der Waals surface area contributed by atoms with Crippen molar-refractivity contribution in [2.75, 3.05) is 5.32 Å². The third kappa shape index (κ3) is 3.01. The van der Waals surface area contributed by atoms with Crippen LogP contribution in [-0.2, 0) is 4.79 Å². The van der Waals surface area contributed by atoms with Crippen LogP contribution in [0.5, 0.6) is 0 Å². The molecular weight excluding hydrogens is 278 g/mol. The van der Waals surface area contributed by atoms with Gasteiger partial charge in [0.05, 0.1) is 4.88 Å². The molecule has 1 amide bonds. The van der Waals surface area contributed by atoms with Crippen LogP contribution >= 0.6 is 22.7 Å². The number of nitrogens with zero attached hydrogens (tertiary/aromatic N) is 2. The van der Waals surface area contributed by atoms with E-state index in [-0.39, 0.29) is 11.8 Å². The monoisotopic (exact) mass is 293 g/mol. The summed E-state index contributed by atoms with van der Waals surface area (Å²) in [7, 11) is 0. The van der Waals surface area contributed by atoms with Crippen LogP contribution < -0.4 is 5.32 Å². The van der Waals surface area contributed by atoms with E-state index >= 15 is 0 Å². The lowest BCUT2D eigenvalue weighted by atomic mass is 9.89. The molecule has 19 heavy (non-hydrogen) atoms. The summed E-state index contributed by atoms with van der Waals surface area (Å²) >= 11 is 3.07. The Bertz CT molecular complexity index is 544. The molecule has 1 fully saturated rings. The molecule has 1 saturated carbocycles. The summed E-state index contributed by atoms with van der Waals surface area (Å²) in [4.78, 5) is 13.2. The molecule has 0 aromatic carbocycles. The first-order valence-corrected chi connectivity index (χ1v) is 8.21. The van der Waals surface area contributed by atoms with E-state index in [1.807, 2.05) is 17.5 Å². The van der Waals surface area contributed by atoms with Gasteiger partial charge in [-0.25, -0.2) is 0 Å². The Morgan fingerprint density at radius 3 is 2.84 bits per heavy atom. The molecule has 1 N–H and O–H groups in total. The van der Waals surface area contributed by atoms with Gasteiger partial charge in [-0.2, -0.15) is 0 Å². The third-order valence-electron chi connectivity index (χ3n) is 3.36. The van der Waals surface area contributed by atoms with Gasteiger partial charge in [-0.15, -0.1) is 21.5 Å². The molecule has 0 spiro atoms. The van der Waals surface area contributed by atoms with Crippen molar-refractivity contribution < 1.29 is 4.79 Å². The molecule has 2 aromatic heterocycles. The number of aromatic nitrogens is 2. The quantitative estimate of drug-likeness (QED) is 0.936. The number of anilines is 1. The number of rotatable bonds is 3. The number of amides is 1. The van der Waals surface area contributed by atoms with Crippen molar-refractivity contribution in [2.45, 2.75) is 32.1 Å². The van der Waals surface area contributed by atoms with Crippen molar-refractivity contribution in [3.63, 3.8) is 0 Å². The fourth-order valence-corrected chi connectivity index (χ4v) is 3.88. The second kappa shape index (κ2) is 5.79. The molecule has 2 heterocycles. The van der Waals surface area contributed by atoms with E-state index in [4.69, 9.17) is 0 Å². The summed E-state index contributed by atoms with van der Waals surface area (Å²) in [6, 6.07) is 4.00. The minimum Gasteiger partial charge on any atom is -0.300 e. The van der Waals surface area contributed by atoms with Gasteiger partial charge in [0.1, 0.15) is 0 Å². The van der Waals surface area contributed by atoms with Gasteiger partial charge in [0.15, 0.2) is 5.01 Å². The number of carbonyl (C=O) groups excluding carboxylic acids is 1. The second-order valence-corrected chi connectivity index (χ2v) is 6.64. The fourth-order valence-electron chi connectivity index (χ4n) is 2.35. The molecule has 6 heteroatoms. The number of nitrogens with one attached hydrogen (secondary N) is 1. The smallest absolute Gasteiger partial charge is 0.229 e. The summed E-state index contributed by atoms with van der Waals surface area (Å²) in [5.41, 5.74) is 0. The van der Waals surface area contributed by atoms with Crippen LogP contribution in [-0.4, -0.2) is 16.1 Å². The van der Waals surface area contributed by atoms with E-state index < -0.39 is 0 Å². The van der Waals surface area contributed by atoms with Crippen LogP contribution in [0.2, 0.25) is 0 Å². The minimum atomic E-state index is 0.105. The van der Waals surface area contributed by atoms with Gasteiger partial charge in [0.25, 0.3) is 0 Å². The highest BCUT2D eigenvalue weighted by Crippen LogP contribution is 2.31. The van der Waals surface area contributed by atoms with Crippen molar-refractivity contribution in [3.8, 4) is 9.88 Å². The maximum atomic E-state index is 12.1. The van der Waals surface area contributed by atoms with Gasteiger partial charge < -0.3 is 5.32 Å². The fraction of sp³-hybridized carbons (Fsp3) is 0.462. The summed E-state index contributed by atoms with van der Waals surface area (Å²) < 4.78 is 0. The zero-order valence-electron chi connectivity index (χ0n) is 10.5. The minimum absolute atomic E-state index is 0.105. The number of thiophene rings is 1. The van der Waals surface area contributed by atoms with Crippen molar-refractivity contribution in [3.05, 3.63) is 17.5 Å². The van der Waals surface area contributed by atoms with E-state index in [9.17, 15) is 4.79 Å². The molecule has 0 atom stereocenters. The molecule has 0 saturated heterocycles. The third-order valence-corrected chi connectivity index (χ3v) is 5.24. The van der Waals surface area contributed by atoms with Gasteiger partial charge in [-0.3, -0.25) is 4.79 Å². The molecule has 1 aliphatic carbocycles. The Balaban J connectivity index is 1.65. The van der Waals surface area contributed by atoms with Crippen molar-refractivity contribution >= 4 is 33.7 Å². The lowest BCUT2D eigenvalue weighted by molar-refractivity contribution is -0.120. The number of hydrogen-bond acceptors (Lipinski definition) is 5. The predicted octanol–water partition coefficient (Wildman–Crippen LogP) is 3.79. The molecule has 1 aliphatic rings. The average molecular weight is 293 g/mol. The van der Waals surface area contributed by atoms with Gasteiger partial charge in [0.2, 0.25) is 11.0 Å². The summed E-state index contributed by atoms with van der Waals surface area (Å²) in [5.74, 6) is 0.261. The van der Waals surface area contributed by atoms with Gasteiger partial charge in [-0.05, 0) is 24.3 Å². The number of carbonyl (C=O) groups is 1. The van der Waals surface area contributed by atoms with E-state index in [2.05, 4.69) is 15.5 Å². The van der Waals surface area contributed by atoms with Crippen molar-refractivity contribution in [1.82, 2.24) is 10.2 Å². The van der Waals surface area contributed by atoms with Gasteiger partial charge >= 0.3 is 0 Å². The van der Waals surface area contributed by atoms with Crippen LogP contribution in [0, 0.1) is 5.92 Å². The molecular formula is C13H15N3OS2. The zero-order valence-corrected chi connectivity index (χ0v) is 12.1. The Kier molecular flexibility index (Phi) is 3.89. The lowest BCUT2D eigenvalue weighted by Gasteiger charge is -2.19. The van der Waals surface area contributed by atoms with E-state index in [0.29, 0.717) is 5.13 Å². The Labute approximate surface area is 119 Å². The SMILES string of the molecule is O=C(Nc1nnc(-c2cccs2)s1)C1CCCCC1. The second-order valence-electron chi connectivity index (χ2n) is 4.71. The normalized spacial score (nSPS) is 16.4. The van der Waals surface area contributed by atoms with E-state index in [0.717, 1.165) is 35.6 Å². The Morgan fingerprint density at radius 2 is 2.11 bits per heavy atom. The van der Waals surface area contributed by atoms with Crippen LogP contribution in [0.25, 0.3) is 9.88 Å². The first-order chi connectivity index (χ1) is 9.33. The molecule has 0 aliphatic heterocycles. The maximum Gasteiger partial charge on any atom is 0.229 e. The topological polar surface area (TPSA) is 54.9 Å². The molecule has 0 radical (unpaired) electrons. The Hall–Kier alpha value is -1.27. The molecule has 4 nitrogen and oxygen atoms in total. The van der Waals surface area contributed by atoms with Crippen molar-refractivity contribution in [2.24, 2.45) is 5.92 Å². The first-order valence-electron chi connectivity index (χ1n) is 6.51. The maximum absolute atomic E-state index is 12.1. The first kappa shape index (κ1) is 12.7. The summed E-state index contributed by atoms with van der Waals surface area (Å²) in [6.45, 7) is 0. The largest absolute Gasteiger partial charge is 0.300 e. The highest BCUT2D eigenvalue weighted by atomic mass is 32.1. The number of hydrogen-bond donors (Lipinski definition) is 1. The summed E-state index contributed by atoms with van der Waals surface area (Å²) in [6.07, 6.45) is 5.58. The zero-order chi connectivity index (χ0) is 13.1. The molecule has 0 bridgehead atoms. The van der Waals surface area contributed by atoms with Crippen LogP contribution in [0.1, 0.15) is 32.1 Å². The van der Waals surface area contributed by atoms with Crippen LogP contribution in [0.15, 0.2) is 17.5 Å². The van der Waals surface area contributed by atoms with Gasteiger partial charge in [0, 0.05) is 5.92 Å². The molecule has 100 valence electrons. The van der Waals surface area contributed by atoms with E-state index in [1.165, 1.54) is 17.8 Å². The van der Waals surface area contributed by atoms with Crippen LogP contribution in [0.4, 0.5) is 5.13 Å². The predicted molar refractivity (Wildman–Crippen MR) is 78.4 cm³/mol. The van der Waals surface area contributed by atoms with Gasteiger partial charge in [-0.1, -0.05) is 36.7 Å². The average Bonchev–Trinajstić information content (AvgIpc) is 3.10. The van der Waals surface area contributed by atoms with E-state index in [1.54, 1.807) is 11.3 Å².